The van der Waals surface area contributed by atoms with E-state index in [0.717, 1.165) is 0 Å². The fourth-order valence-corrected chi connectivity index (χ4v) is 3.28. The molecular formula is C14H16BrF4N. The molecule has 1 aromatic rings. The van der Waals surface area contributed by atoms with Crippen molar-refractivity contribution in [1.29, 1.82) is 0 Å². The lowest BCUT2D eigenvalue weighted by molar-refractivity contribution is -0.187. The van der Waals surface area contributed by atoms with Crippen LogP contribution in [0.3, 0.4) is 0 Å². The molecule has 0 spiro atoms. The number of hydrogen-bond donors (Lipinski definition) is 1. The van der Waals surface area contributed by atoms with Gasteiger partial charge < -0.3 is 5.73 Å². The first kappa shape index (κ1) is 15.8. The van der Waals surface area contributed by atoms with Gasteiger partial charge in [-0.1, -0.05) is 22.4 Å². The Hall–Kier alpha value is -0.620. The predicted molar refractivity (Wildman–Crippen MR) is 72.7 cm³/mol. The minimum atomic E-state index is -4.20. The summed E-state index contributed by atoms with van der Waals surface area (Å²) in [5.74, 6) is -1.76. The van der Waals surface area contributed by atoms with Gasteiger partial charge in [0.1, 0.15) is 5.82 Å². The quantitative estimate of drug-likeness (QED) is 0.773. The van der Waals surface area contributed by atoms with Gasteiger partial charge in [0.25, 0.3) is 0 Å². The van der Waals surface area contributed by atoms with Crippen LogP contribution in [0.5, 0.6) is 0 Å². The molecule has 1 nitrogen and oxygen atoms in total. The van der Waals surface area contributed by atoms with Gasteiger partial charge in [0, 0.05) is 10.0 Å². The van der Waals surface area contributed by atoms with Gasteiger partial charge in [-0.25, -0.2) is 4.39 Å². The Morgan fingerprint density at radius 2 is 2.05 bits per heavy atom. The second kappa shape index (κ2) is 5.64. The number of hydrogen-bond acceptors (Lipinski definition) is 1. The van der Waals surface area contributed by atoms with E-state index >= 15 is 0 Å². The molecule has 2 N–H and O–H groups in total. The van der Waals surface area contributed by atoms with Crippen LogP contribution in [0.4, 0.5) is 17.6 Å². The van der Waals surface area contributed by atoms with Gasteiger partial charge in [0.2, 0.25) is 0 Å². The predicted octanol–water partition coefficient (Wildman–Crippen LogP) is 4.58. The first-order valence-corrected chi connectivity index (χ1v) is 7.28. The van der Waals surface area contributed by atoms with Crippen molar-refractivity contribution in [3.8, 4) is 0 Å². The Kier molecular flexibility index (Phi) is 4.44. The number of benzene rings is 1. The van der Waals surface area contributed by atoms with Crippen LogP contribution in [-0.2, 0) is 6.42 Å². The van der Waals surface area contributed by atoms with Crippen molar-refractivity contribution in [1.82, 2.24) is 0 Å². The molecule has 2 rings (SSSR count). The van der Waals surface area contributed by atoms with Gasteiger partial charge >= 0.3 is 6.18 Å². The molecule has 1 fully saturated rings. The molecule has 20 heavy (non-hydrogen) atoms. The SMILES string of the molecule is NC1(Cc2cc(F)ccc2Br)CCCC(C(F)(F)F)C1. The summed E-state index contributed by atoms with van der Waals surface area (Å²) >= 11 is 3.29. The van der Waals surface area contributed by atoms with Crippen LogP contribution < -0.4 is 5.73 Å². The second-order valence-corrected chi connectivity index (χ2v) is 6.46. The lowest BCUT2D eigenvalue weighted by atomic mass is 9.73. The van der Waals surface area contributed by atoms with Crippen LogP contribution in [0.1, 0.15) is 31.2 Å². The smallest absolute Gasteiger partial charge is 0.325 e. The molecule has 2 unspecified atom stereocenters. The zero-order valence-corrected chi connectivity index (χ0v) is 12.4. The minimum Gasteiger partial charge on any atom is -0.325 e. The first-order valence-electron chi connectivity index (χ1n) is 6.49. The van der Waals surface area contributed by atoms with E-state index < -0.39 is 23.5 Å². The molecule has 112 valence electrons. The molecule has 0 heterocycles. The highest BCUT2D eigenvalue weighted by Gasteiger charge is 2.46. The van der Waals surface area contributed by atoms with E-state index in [9.17, 15) is 17.6 Å². The summed E-state index contributed by atoms with van der Waals surface area (Å²) in [7, 11) is 0. The maximum Gasteiger partial charge on any atom is 0.391 e. The number of halogens is 5. The van der Waals surface area contributed by atoms with Crippen LogP contribution in [-0.4, -0.2) is 11.7 Å². The van der Waals surface area contributed by atoms with E-state index in [-0.39, 0.29) is 19.3 Å². The van der Waals surface area contributed by atoms with Crippen molar-refractivity contribution in [3.63, 3.8) is 0 Å². The third-order valence-corrected chi connectivity index (χ3v) is 4.67. The van der Waals surface area contributed by atoms with Crippen molar-refractivity contribution in [2.45, 2.75) is 43.8 Å². The summed E-state index contributed by atoms with van der Waals surface area (Å²) < 4.78 is 52.5. The Morgan fingerprint density at radius 3 is 2.70 bits per heavy atom. The average Bonchev–Trinajstić information content (AvgIpc) is 2.32. The molecule has 0 aliphatic heterocycles. The van der Waals surface area contributed by atoms with E-state index in [0.29, 0.717) is 22.9 Å². The van der Waals surface area contributed by atoms with Crippen molar-refractivity contribution in [2.24, 2.45) is 11.7 Å². The van der Waals surface area contributed by atoms with E-state index in [2.05, 4.69) is 15.9 Å². The Bertz CT molecular complexity index is 489. The van der Waals surface area contributed by atoms with Gasteiger partial charge in [0.15, 0.2) is 0 Å². The van der Waals surface area contributed by atoms with Gasteiger partial charge in [-0.15, -0.1) is 0 Å². The average molecular weight is 354 g/mol. The topological polar surface area (TPSA) is 26.0 Å². The number of rotatable bonds is 2. The lowest BCUT2D eigenvalue weighted by Crippen LogP contribution is -2.49. The third kappa shape index (κ3) is 3.73. The molecule has 1 aromatic carbocycles. The lowest BCUT2D eigenvalue weighted by Gasteiger charge is -2.39. The Balaban J connectivity index is 2.16. The molecule has 0 aromatic heterocycles. The third-order valence-electron chi connectivity index (χ3n) is 3.89. The van der Waals surface area contributed by atoms with Gasteiger partial charge in [-0.05, 0) is 49.4 Å². The summed E-state index contributed by atoms with van der Waals surface area (Å²) in [6.07, 6.45) is -2.94. The van der Waals surface area contributed by atoms with Crippen LogP contribution >= 0.6 is 15.9 Å². The van der Waals surface area contributed by atoms with Crippen molar-refractivity contribution < 1.29 is 17.6 Å². The van der Waals surface area contributed by atoms with Gasteiger partial charge in [-0.2, -0.15) is 13.2 Å². The van der Waals surface area contributed by atoms with E-state index in [4.69, 9.17) is 5.73 Å². The van der Waals surface area contributed by atoms with Gasteiger partial charge in [-0.3, -0.25) is 0 Å². The fraction of sp³-hybridized carbons (Fsp3) is 0.571. The molecule has 0 saturated heterocycles. The maximum absolute atomic E-state index is 13.3. The maximum atomic E-state index is 13.3. The summed E-state index contributed by atoms with van der Waals surface area (Å²) in [4.78, 5) is 0. The normalized spacial score (nSPS) is 27.6. The molecule has 0 bridgehead atoms. The fourth-order valence-electron chi connectivity index (χ4n) is 2.89. The van der Waals surface area contributed by atoms with Crippen molar-refractivity contribution in [3.05, 3.63) is 34.1 Å². The van der Waals surface area contributed by atoms with Crippen LogP contribution in [0, 0.1) is 11.7 Å². The Labute approximate surface area is 123 Å². The van der Waals surface area contributed by atoms with Crippen molar-refractivity contribution in [2.75, 3.05) is 0 Å². The first-order chi connectivity index (χ1) is 9.20. The molecular weight excluding hydrogens is 338 g/mol. The van der Waals surface area contributed by atoms with Crippen LogP contribution in [0.15, 0.2) is 22.7 Å². The molecule has 2 atom stereocenters. The molecule has 0 radical (unpaired) electrons. The monoisotopic (exact) mass is 353 g/mol. The molecule has 1 saturated carbocycles. The largest absolute Gasteiger partial charge is 0.391 e. The molecule has 1 aliphatic rings. The second-order valence-electron chi connectivity index (χ2n) is 5.61. The van der Waals surface area contributed by atoms with Crippen molar-refractivity contribution >= 4 is 15.9 Å². The van der Waals surface area contributed by atoms with E-state index in [1.807, 2.05) is 0 Å². The highest BCUT2D eigenvalue weighted by molar-refractivity contribution is 9.10. The van der Waals surface area contributed by atoms with E-state index in [1.54, 1.807) is 6.07 Å². The summed E-state index contributed by atoms with van der Waals surface area (Å²) in [6, 6.07) is 4.18. The molecule has 1 aliphatic carbocycles. The zero-order valence-electron chi connectivity index (χ0n) is 10.8. The molecule has 0 amide bonds. The molecule has 6 heteroatoms. The highest BCUT2D eigenvalue weighted by Crippen LogP contribution is 2.42. The van der Waals surface area contributed by atoms with E-state index in [1.165, 1.54) is 12.1 Å². The summed E-state index contributed by atoms with van der Waals surface area (Å²) in [5, 5.41) is 0. The number of nitrogens with two attached hydrogens (primary N) is 1. The summed E-state index contributed by atoms with van der Waals surface area (Å²) in [6.45, 7) is 0. The van der Waals surface area contributed by atoms with Crippen LogP contribution in [0.2, 0.25) is 0 Å². The number of alkyl halides is 3. The summed E-state index contributed by atoms with van der Waals surface area (Å²) in [5.41, 5.74) is 5.85. The van der Waals surface area contributed by atoms with Crippen LogP contribution in [0.25, 0.3) is 0 Å². The zero-order chi connectivity index (χ0) is 15.0. The Morgan fingerprint density at radius 1 is 1.35 bits per heavy atom. The standard InChI is InChI=1S/C14H16BrF4N/c15-12-4-3-11(16)6-9(12)7-13(20)5-1-2-10(8-13)14(17,18)19/h3-4,6,10H,1-2,5,7-8,20H2. The highest BCUT2D eigenvalue weighted by atomic mass is 79.9. The minimum absolute atomic E-state index is 0.0978. The van der Waals surface area contributed by atoms with Gasteiger partial charge in [0.05, 0.1) is 5.92 Å².